The molecule has 0 spiro atoms. The second-order valence-electron chi connectivity index (χ2n) is 6.44. The zero-order valence-corrected chi connectivity index (χ0v) is 16.0. The number of carbonyl (C=O) groups excluding carboxylic acids is 1. The number of nitrogens with one attached hydrogen (secondary N) is 2. The number of nitrogens with zero attached hydrogens (tertiary/aromatic N) is 3. The molecule has 0 aromatic carbocycles. The molecular weight excluding hydrogens is 322 g/mol. The highest BCUT2D eigenvalue weighted by Crippen LogP contribution is 2.16. The number of piperidine rings is 1. The Hall–Kier alpha value is -1.63. The molecule has 1 aromatic heterocycles. The Kier molecular flexibility index (Phi) is 7.02. The van der Waals surface area contributed by atoms with Crippen molar-refractivity contribution in [1.82, 2.24) is 20.5 Å². The van der Waals surface area contributed by atoms with Crippen molar-refractivity contribution < 1.29 is 4.79 Å². The standard InChI is InChI=1S/C17H29N5OS/c1-12-6-5-9-22(11-12)16(23)7-8-19-17(18-4)20-10-15-21-13(2)14(3)24-15/h12H,5-11H2,1-4H3,(H2,18,19,20). The lowest BCUT2D eigenvalue weighted by Crippen LogP contribution is -2.42. The minimum atomic E-state index is 0.232. The highest BCUT2D eigenvalue weighted by atomic mass is 32.1. The Labute approximate surface area is 148 Å². The molecule has 24 heavy (non-hydrogen) atoms. The fraction of sp³-hybridized carbons (Fsp3) is 0.706. The molecule has 1 aliphatic rings. The van der Waals surface area contributed by atoms with Crippen molar-refractivity contribution >= 4 is 23.2 Å². The third-order valence-electron chi connectivity index (χ3n) is 4.34. The van der Waals surface area contributed by atoms with E-state index in [-0.39, 0.29) is 5.91 Å². The highest BCUT2D eigenvalue weighted by Gasteiger charge is 2.20. The molecule has 0 aliphatic carbocycles. The maximum absolute atomic E-state index is 12.3. The number of guanidine groups is 1. The molecule has 134 valence electrons. The summed E-state index contributed by atoms with van der Waals surface area (Å²) in [5.74, 6) is 1.56. The summed E-state index contributed by atoms with van der Waals surface area (Å²) in [5, 5.41) is 7.51. The quantitative estimate of drug-likeness (QED) is 0.629. The molecule has 1 saturated heterocycles. The average Bonchev–Trinajstić information content (AvgIpc) is 2.88. The second-order valence-corrected chi connectivity index (χ2v) is 7.73. The minimum absolute atomic E-state index is 0.232. The number of hydrogen-bond acceptors (Lipinski definition) is 4. The van der Waals surface area contributed by atoms with Gasteiger partial charge >= 0.3 is 0 Å². The van der Waals surface area contributed by atoms with E-state index in [0.29, 0.717) is 31.4 Å². The fourth-order valence-corrected chi connectivity index (χ4v) is 3.73. The van der Waals surface area contributed by atoms with Crippen LogP contribution in [0.1, 0.15) is 41.8 Å². The zero-order chi connectivity index (χ0) is 17.5. The van der Waals surface area contributed by atoms with Crippen LogP contribution >= 0.6 is 11.3 Å². The van der Waals surface area contributed by atoms with Crippen molar-refractivity contribution in [2.24, 2.45) is 10.9 Å². The number of amides is 1. The summed E-state index contributed by atoms with van der Waals surface area (Å²) in [6.07, 6.45) is 2.85. The molecule has 2 heterocycles. The van der Waals surface area contributed by atoms with Gasteiger partial charge in [0.15, 0.2) is 5.96 Å². The molecule has 0 bridgehead atoms. The Morgan fingerprint density at radius 1 is 1.42 bits per heavy atom. The Bertz CT molecular complexity index is 564. The first-order chi connectivity index (χ1) is 11.5. The van der Waals surface area contributed by atoms with E-state index in [4.69, 9.17) is 0 Å². The van der Waals surface area contributed by atoms with E-state index in [1.807, 2.05) is 11.8 Å². The van der Waals surface area contributed by atoms with E-state index in [9.17, 15) is 4.79 Å². The van der Waals surface area contributed by atoms with Crippen LogP contribution in [0.3, 0.4) is 0 Å². The van der Waals surface area contributed by atoms with Crippen LogP contribution < -0.4 is 10.6 Å². The summed E-state index contributed by atoms with van der Waals surface area (Å²) in [4.78, 5) is 24.2. The van der Waals surface area contributed by atoms with Gasteiger partial charge in [0.05, 0.1) is 12.2 Å². The summed E-state index contributed by atoms with van der Waals surface area (Å²) >= 11 is 1.70. The van der Waals surface area contributed by atoms with Crippen LogP contribution in [-0.4, -0.2) is 48.4 Å². The molecule has 1 aromatic rings. The van der Waals surface area contributed by atoms with Gasteiger partial charge in [0, 0.05) is 38.0 Å². The van der Waals surface area contributed by atoms with Gasteiger partial charge in [0.1, 0.15) is 5.01 Å². The maximum atomic E-state index is 12.3. The largest absolute Gasteiger partial charge is 0.356 e. The molecule has 1 aliphatic heterocycles. The van der Waals surface area contributed by atoms with Gasteiger partial charge in [-0.2, -0.15) is 0 Å². The number of hydrogen-bond donors (Lipinski definition) is 2. The molecule has 0 radical (unpaired) electrons. The third-order valence-corrected chi connectivity index (χ3v) is 5.42. The first kappa shape index (κ1) is 18.7. The number of likely N-dealkylation sites (tertiary alicyclic amines) is 1. The minimum Gasteiger partial charge on any atom is -0.356 e. The topological polar surface area (TPSA) is 69.6 Å². The van der Waals surface area contributed by atoms with E-state index in [1.165, 1.54) is 11.3 Å². The Morgan fingerprint density at radius 2 is 2.21 bits per heavy atom. The summed E-state index contributed by atoms with van der Waals surface area (Å²) < 4.78 is 0. The summed E-state index contributed by atoms with van der Waals surface area (Å²) in [7, 11) is 1.74. The second kappa shape index (κ2) is 9.01. The number of thiazole rings is 1. The van der Waals surface area contributed by atoms with Crippen molar-refractivity contribution in [2.75, 3.05) is 26.7 Å². The molecule has 7 heteroatoms. The van der Waals surface area contributed by atoms with Crippen LogP contribution in [0.2, 0.25) is 0 Å². The van der Waals surface area contributed by atoms with Crippen molar-refractivity contribution in [1.29, 1.82) is 0 Å². The molecule has 1 unspecified atom stereocenters. The Balaban J connectivity index is 1.70. The first-order valence-electron chi connectivity index (χ1n) is 8.64. The van der Waals surface area contributed by atoms with E-state index < -0.39 is 0 Å². The van der Waals surface area contributed by atoms with E-state index >= 15 is 0 Å². The zero-order valence-electron chi connectivity index (χ0n) is 15.2. The van der Waals surface area contributed by atoms with Gasteiger partial charge in [-0.05, 0) is 32.6 Å². The van der Waals surface area contributed by atoms with Crippen molar-refractivity contribution in [2.45, 2.75) is 46.6 Å². The van der Waals surface area contributed by atoms with E-state index in [2.05, 4.69) is 34.5 Å². The monoisotopic (exact) mass is 351 g/mol. The Morgan fingerprint density at radius 3 is 2.83 bits per heavy atom. The molecule has 1 amide bonds. The predicted octanol–water partition coefficient (Wildman–Crippen LogP) is 2.07. The number of rotatable bonds is 5. The third kappa shape index (κ3) is 5.47. The van der Waals surface area contributed by atoms with Crippen LogP contribution in [-0.2, 0) is 11.3 Å². The average molecular weight is 352 g/mol. The van der Waals surface area contributed by atoms with Crippen molar-refractivity contribution in [3.63, 3.8) is 0 Å². The van der Waals surface area contributed by atoms with Crippen LogP contribution in [0.4, 0.5) is 0 Å². The van der Waals surface area contributed by atoms with Crippen LogP contribution in [0, 0.1) is 19.8 Å². The van der Waals surface area contributed by atoms with Crippen LogP contribution in [0.15, 0.2) is 4.99 Å². The molecule has 2 N–H and O–H groups in total. The smallest absolute Gasteiger partial charge is 0.224 e. The molecular formula is C17H29N5OS. The van der Waals surface area contributed by atoms with E-state index in [1.54, 1.807) is 18.4 Å². The van der Waals surface area contributed by atoms with Gasteiger partial charge in [0.25, 0.3) is 0 Å². The van der Waals surface area contributed by atoms with Gasteiger partial charge in [-0.15, -0.1) is 11.3 Å². The lowest BCUT2D eigenvalue weighted by molar-refractivity contribution is -0.132. The summed E-state index contributed by atoms with van der Waals surface area (Å²) in [6, 6.07) is 0. The van der Waals surface area contributed by atoms with Crippen LogP contribution in [0.25, 0.3) is 0 Å². The molecule has 1 atom stereocenters. The lowest BCUT2D eigenvalue weighted by Gasteiger charge is -2.31. The van der Waals surface area contributed by atoms with Gasteiger partial charge in [0.2, 0.25) is 5.91 Å². The number of aryl methyl sites for hydroxylation is 2. The van der Waals surface area contributed by atoms with Crippen molar-refractivity contribution in [3.8, 4) is 0 Å². The highest BCUT2D eigenvalue weighted by molar-refractivity contribution is 7.11. The van der Waals surface area contributed by atoms with Gasteiger partial charge in [-0.1, -0.05) is 6.92 Å². The van der Waals surface area contributed by atoms with Gasteiger partial charge in [-0.25, -0.2) is 4.98 Å². The van der Waals surface area contributed by atoms with Gasteiger partial charge in [-0.3, -0.25) is 9.79 Å². The SMILES string of the molecule is CN=C(NCCC(=O)N1CCCC(C)C1)NCc1nc(C)c(C)s1. The molecule has 6 nitrogen and oxygen atoms in total. The van der Waals surface area contributed by atoms with Crippen molar-refractivity contribution in [3.05, 3.63) is 15.6 Å². The predicted molar refractivity (Wildman–Crippen MR) is 99.4 cm³/mol. The van der Waals surface area contributed by atoms with E-state index in [0.717, 1.165) is 30.2 Å². The normalized spacial score (nSPS) is 18.6. The number of aromatic nitrogens is 1. The fourth-order valence-electron chi connectivity index (χ4n) is 2.86. The van der Waals surface area contributed by atoms with Gasteiger partial charge < -0.3 is 15.5 Å². The molecule has 0 saturated carbocycles. The molecule has 2 rings (SSSR count). The number of aliphatic imine (C=N–C) groups is 1. The number of carbonyl (C=O) groups is 1. The summed E-state index contributed by atoms with van der Waals surface area (Å²) in [5.41, 5.74) is 1.08. The maximum Gasteiger partial charge on any atom is 0.224 e. The molecule has 1 fully saturated rings. The van der Waals surface area contributed by atoms with Crippen LogP contribution in [0.5, 0.6) is 0 Å². The lowest BCUT2D eigenvalue weighted by atomic mass is 10.00. The summed E-state index contributed by atoms with van der Waals surface area (Å²) in [6.45, 7) is 9.36. The first-order valence-corrected chi connectivity index (χ1v) is 9.46.